The highest BCUT2D eigenvalue weighted by atomic mass is 16.5. The van der Waals surface area contributed by atoms with E-state index in [1.807, 2.05) is 24.1 Å². The van der Waals surface area contributed by atoms with Crippen molar-refractivity contribution in [2.24, 2.45) is 7.05 Å². The number of ether oxygens (including phenoxy) is 1. The van der Waals surface area contributed by atoms with Gasteiger partial charge in [-0.1, -0.05) is 36.8 Å². The molecule has 2 aliphatic heterocycles. The lowest BCUT2D eigenvalue weighted by Crippen LogP contribution is -2.44. The predicted octanol–water partition coefficient (Wildman–Crippen LogP) is 4.98. The van der Waals surface area contributed by atoms with E-state index in [0.717, 1.165) is 54.1 Å². The minimum absolute atomic E-state index is 0.0158. The third-order valence-corrected chi connectivity index (χ3v) is 9.08. The van der Waals surface area contributed by atoms with Gasteiger partial charge in [-0.15, -0.1) is 0 Å². The van der Waals surface area contributed by atoms with Gasteiger partial charge < -0.3 is 23.7 Å². The van der Waals surface area contributed by atoms with Crippen molar-refractivity contribution in [1.29, 1.82) is 0 Å². The van der Waals surface area contributed by atoms with Gasteiger partial charge in [0.1, 0.15) is 5.52 Å². The fraction of sp³-hybridized carbons (Fsp3) is 0.353. The molecule has 2 aromatic carbocycles. The van der Waals surface area contributed by atoms with E-state index in [2.05, 4.69) is 101 Å². The van der Waals surface area contributed by atoms with Crippen molar-refractivity contribution in [3.05, 3.63) is 100 Å². The van der Waals surface area contributed by atoms with E-state index in [4.69, 9.17) is 4.74 Å². The average Bonchev–Trinajstić information content (AvgIpc) is 3.60. The van der Waals surface area contributed by atoms with E-state index in [1.165, 1.54) is 16.8 Å². The van der Waals surface area contributed by atoms with Gasteiger partial charge in [-0.3, -0.25) is 9.48 Å². The Kier molecular flexibility index (Phi) is 6.75. The van der Waals surface area contributed by atoms with Crippen molar-refractivity contribution in [1.82, 2.24) is 23.8 Å². The highest BCUT2D eigenvalue weighted by Gasteiger charge is 2.25. The lowest BCUT2D eigenvalue weighted by Gasteiger charge is -2.34. The number of benzene rings is 2. The Balaban J connectivity index is 1.35. The first-order valence-electron chi connectivity index (χ1n) is 14.8. The molecule has 5 aromatic rings. The summed E-state index contributed by atoms with van der Waals surface area (Å²) in [5.41, 5.74) is 8.39. The molecule has 1 atom stereocenters. The Bertz CT molecular complexity index is 1790. The van der Waals surface area contributed by atoms with E-state index >= 15 is 0 Å². The van der Waals surface area contributed by atoms with Gasteiger partial charge in [0.25, 0.3) is 5.56 Å². The zero-order valence-corrected chi connectivity index (χ0v) is 24.8. The molecule has 5 heterocycles. The Morgan fingerprint density at radius 1 is 0.905 bits per heavy atom. The second-order valence-electron chi connectivity index (χ2n) is 12.0. The second-order valence-corrected chi connectivity index (χ2v) is 12.0. The van der Waals surface area contributed by atoms with E-state index in [-0.39, 0.29) is 17.5 Å². The SMILES string of the molecule is Cc1ccc(-n2c(-c3cnn(C4COC4)c3)cc3c(C(C)c4ccc(N5CCN(C)CC5)cc4)cn(C)c(=O)c32)cc1. The molecule has 0 spiro atoms. The average molecular weight is 563 g/mol. The number of piperazine rings is 1. The van der Waals surface area contributed by atoms with Crippen LogP contribution in [0, 0.1) is 6.92 Å². The summed E-state index contributed by atoms with van der Waals surface area (Å²) in [6.45, 7) is 9.94. The van der Waals surface area contributed by atoms with E-state index < -0.39 is 0 Å². The van der Waals surface area contributed by atoms with Gasteiger partial charge in [-0.25, -0.2) is 0 Å². The smallest absolute Gasteiger partial charge is 0.275 e. The molecule has 8 nitrogen and oxygen atoms in total. The van der Waals surface area contributed by atoms with Crippen molar-refractivity contribution >= 4 is 16.6 Å². The fourth-order valence-electron chi connectivity index (χ4n) is 6.23. The second kappa shape index (κ2) is 10.6. The molecular formula is C34H38N6O2. The molecule has 0 aliphatic carbocycles. The van der Waals surface area contributed by atoms with Crippen LogP contribution in [0.25, 0.3) is 27.8 Å². The normalized spacial score (nSPS) is 17.1. The molecule has 8 heteroatoms. The number of hydrogen-bond donors (Lipinski definition) is 0. The zero-order valence-electron chi connectivity index (χ0n) is 24.8. The summed E-state index contributed by atoms with van der Waals surface area (Å²) >= 11 is 0. The van der Waals surface area contributed by atoms with Crippen LogP contribution in [0.1, 0.15) is 35.6 Å². The summed E-state index contributed by atoms with van der Waals surface area (Å²) in [5, 5.41) is 5.64. The van der Waals surface area contributed by atoms with Crippen LogP contribution in [0.3, 0.4) is 0 Å². The van der Waals surface area contributed by atoms with Crippen LogP contribution < -0.4 is 10.5 Å². The first-order valence-corrected chi connectivity index (χ1v) is 14.8. The van der Waals surface area contributed by atoms with Crippen molar-refractivity contribution < 1.29 is 4.74 Å². The largest absolute Gasteiger partial charge is 0.377 e. The van der Waals surface area contributed by atoms with E-state index in [1.54, 1.807) is 4.57 Å². The molecule has 2 fully saturated rings. The highest BCUT2D eigenvalue weighted by Crippen LogP contribution is 2.37. The summed E-state index contributed by atoms with van der Waals surface area (Å²) < 4.78 is 11.2. The molecule has 0 radical (unpaired) electrons. The third kappa shape index (κ3) is 4.64. The lowest BCUT2D eigenvalue weighted by atomic mass is 9.91. The number of aromatic nitrogens is 4. The minimum Gasteiger partial charge on any atom is -0.377 e. The molecule has 0 N–H and O–H groups in total. The Labute approximate surface area is 246 Å². The van der Waals surface area contributed by atoms with E-state index in [0.29, 0.717) is 18.7 Å². The summed E-state index contributed by atoms with van der Waals surface area (Å²) in [6.07, 6.45) is 6.00. The quantitative estimate of drug-likeness (QED) is 0.292. The van der Waals surface area contributed by atoms with Gasteiger partial charge >= 0.3 is 0 Å². The lowest BCUT2D eigenvalue weighted by molar-refractivity contribution is -0.0286. The van der Waals surface area contributed by atoms with Crippen molar-refractivity contribution in [3.8, 4) is 16.9 Å². The van der Waals surface area contributed by atoms with Crippen molar-refractivity contribution in [2.75, 3.05) is 51.3 Å². The van der Waals surface area contributed by atoms with Crippen LogP contribution in [0.5, 0.6) is 0 Å². The molecule has 2 saturated heterocycles. The topological polar surface area (TPSA) is 60.5 Å². The number of hydrogen-bond acceptors (Lipinski definition) is 5. The number of rotatable bonds is 6. The first-order chi connectivity index (χ1) is 20.4. The first kappa shape index (κ1) is 26.7. The summed E-state index contributed by atoms with van der Waals surface area (Å²) in [6, 6.07) is 19.8. The number of likely N-dealkylation sites (N-methyl/N-ethyl adjacent to an activating group) is 1. The molecule has 3 aromatic heterocycles. The molecule has 1 unspecified atom stereocenters. The molecule has 42 heavy (non-hydrogen) atoms. The van der Waals surface area contributed by atoms with Crippen molar-refractivity contribution in [2.45, 2.75) is 25.8 Å². The number of pyridine rings is 1. The molecular weight excluding hydrogens is 524 g/mol. The fourth-order valence-corrected chi connectivity index (χ4v) is 6.23. The Morgan fingerprint density at radius 3 is 2.26 bits per heavy atom. The van der Waals surface area contributed by atoms with Crippen molar-refractivity contribution in [3.63, 3.8) is 0 Å². The molecule has 0 saturated carbocycles. The van der Waals surface area contributed by atoms with Gasteiger partial charge in [0.2, 0.25) is 0 Å². The number of nitrogens with zero attached hydrogens (tertiary/aromatic N) is 6. The highest BCUT2D eigenvalue weighted by molar-refractivity contribution is 5.91. The standard InChI is InChI=1S/C34H38N6O2/c1-23-5-9-28(10-6-23)40-32(26-18-35-39(19-26)29-21-42-22-29)17-30-31(20-37(4)34(41)33(30)40)24(2)25-7-11-27(12-8-25)38-15-13-36(3)14-16-38/h5-12,17-20,24,29H,13-16,21-22H2,1-4H3. The third-order valence-electron chi connectivity index (χ3n) is 9.08. The van der Waals surface area contributed by atoms with E-state index in [9.17, 15) is 4.79 Å². The van der Waals surface area contributed by atoms with Gasteiger partial charge in [-0.2, -0.15) is 5.10 Å². The number of aryl methyl sites for hydroxylation is 2. The molecule has 0 bridgehead atoms. The number of fused-ring (bicyclic) bond motifs is 1. The summed E-state index contributed by atoms with van der Waals surface area (Å²) in [7, 11) is 4.04. The van der Waals surface area contributed by atoms with Gasteiger partial charge in [0, 0.05) is 73.9 Å². The summed E-state index contributed by atoms with van der Waals surface area (Å²) in [5.74, 6) is 0.0948. The van der Waals surface area contributed by atoms with Crippen LogP contribution in [0.4, 0.5) is 5.69 Å². The maximum absolute atomic E-state index is 13.9. The summed E-state index contributed by atoms with van der Waals surface area (Å²) in [4.78, 5) is 18.7. The maximum Gasteiger partial charge on any atom is 0.275 e. The van der Waals surface area contributed by atoms with Crippen LogP contribution in [-0.2, 0) is 11.8 Å². The molecule has 7 rings (SSSR count). The van der Waals surface area contributed by atoms with Crippen LogP contribution in [0.2, 0.25) is 0 Å². The predicted molar refractivity (Wildman–Crippen MR) is 168 cm³/mol. The Morgan fingerprint density at radius 2 is 1.60 bits per heavy atom. The van der Waals surface area contributed by atoms with Crippen LogP contribution in [-0.4, -0.2) is 70.3 Å². The van der Waals surface area contributed by atoms with Crippen LogP contribution >= 0.6 is 0 Å². The monoisotopic (exact) mass is 562 g/mol. The van der Waals surface area contributed by atoms with Gasteiger partial charge in [-0.05, 0) is 55.4 Å². The molecule has 0 amide bonds. The zero-order chi connectivity index (χ0) is 29.0. The van der Waals surface area contributed by atoms with Crippen LogP contribution in [0.15, 0.2) is 78.0 Å². The number of anilines is 1. The Hall–Kier alpha value is -4.14. The molecule has 216 valence electrons. The molecule has 2 aliphatic rings. The van der Waals surface area contributed by atoms with Gasteiger partial charge in [0.05, 0.1) is 31.1 Å². The maximum atomic E-state index is 13.9. The minimum atomic E-state index is -0.0158. The van der Waals surface area contributed by atoms with Gasteiger partial charge in [0.15, 0.2) is 0 Å².